The van der Waals surface area contributed by atoms with Gasteiger partial charge in [-0.1, -0.05) is 29.8 Å². The van der Waals surface area contributed by atoms with Crippen LogP contribution in [-0.4, -0.2) is 60.2 Å². The van der Waals surface area contributed by atoms with E-state index in [0.717, 1.165) is 16.9 Å². The van der Waals surface area contributed by atoms with Gasteiger partial charge in [0.15, 0.2) is 0 Å². The van der Waals surface area contributed by atoms with Gasteiger partial charge in [-0.15, -0.1) is 0 Å². The highest BCUT2D eigenvalue weighted by Crippen LogP contribution is 2.20. The van der Waals surface area contributed by atoms with Crippen molar-refractivity contribution in [1.82, 2.24) is 20.2 Å². The van der Waals surface area contributed by atoms with Gasteiger partial charge in [0.2, 0.25) is 5.91 Å². The second-order valence-corrected chi connectivity index (χ2v) is 7.98. The first-order chi connectivity index (χ1) is 15.5. The largest absolute Gasteiger partial charge is 0.496 e. The number of carbonyl (C=O) groups is 1. The number of hydrogen-bond acceptors (Lipinski definition) is 6. The molecule has 8 nitrogen and oxygen atoms in total. The van der Waals surface area contributed by atoms with Gasteiger partial charge in [-0.3, -0.25) is 14.5 Å². The molecule has 0 spiro atoms. The molecule has 1 amide bonds. The number of H-pyrrole nitrogens is 1. The fourth-order valence-electron chi connectivity index (χ4n) is 3.96. The minimum atomic E-state index is -0.560. The molecule has 1 fully saturated rings. The number of para-hydroxylation sites is 1. The highest BCUT2D eigenvalue weighted by molar-refractivity contribution is 5.81. The second kappa shape index (κ2) is 9.93. The zero-order valence-corrected chi connectivity index (χ0v) is 18.4. The highest BCUT2D eigenvalue weighted by Gasteiger charge is 2.27. The normalized spacial score (nSPS) is 16.8. The first-order valence-electron chi connectivity index (χ1n) is 10.8. The molecule has 2 heterocycles. The van der Waals surface area contributed by atoms with E-state index >= 15 is 0 Å². The molecule has 168 valence electrons. The van der Waals surface area contributed by atoms with Gasteiger partial charge >= 0.3 is 0 Å². The summed E-state index contributed by atoms with van der Waals surface area (Å²) in [5.74, 6) is 1.27. The molecule has 2 aromatic carbocycles. The lowest BCUT2D eigenvalue weighted by molar-refractivity contribution is -0.138. The molecule has 0 aliphatic carbocycles. The Bertz CT molecular complexity index is 1160. The SMILES string of the molecule is COc1ccc(C)cc1CCNC(=O)C1CN(Cc2nc3ccccc3c(=O)[nH]2)CCO1. The fourth-order valence-corrected chi connectivity index (χ4v) is 3.96. The number of amides is 1. The maximum Gasteiger partial charge on any atom is 0.258 e. The molecular weight excluding hydrogens is 408 g/mol. The Balaban J connectivity index is 1.33. The average molecular weight is 437 g/mol. The van der Waals surface area contributed by atoms with Crippen molar-refractivity contribution in [2.24, 2.45) is 0 Å². The Kier molecular flexibility index (Phi) is 6.82. The number of nitrogens with zero attached hydrogens (tertiary/aromatic N) is 2. The molecule has 1 unspecified atom stereocenters. The van der Waals surface area contributed by atoms with Crippen LogP contribution in [-0.2, 0) is 22.5 Å². The third-order valence-electron chi connectivity index (χ3n) is 5.61. The summed E-state index contributed by atoms with van der Waals surface area (Å²) < 4.78 is 11.1. The molecule has 32 heavy (non-hydrogen) atoms. The Morgan fingerprint density at radius 3 is 3.00 bits per heavy atom. The van der Waals surface area contributed by atoms with Gasteiger partial charge in [-0.05, 0) is 37.1 Å². The summed E-state index contributed by atoms with van der Waals surface area (Å²) in [6.45, 7) is 4.54. The maximum absolute atomic E-state index is 12.7. The number of aromatic amines is 1. The molecule has 1 atom stereocenters. The summed E-state index contributed by atoms with van der Waals surface area (Å²) in [7, 11) is 1.65. The van der Waals surface area contributed by atoms with Crippen LogP contribution in [0.2, 0.25) is 0 Å². The van der Waals surface area contributed by atoms with E-state index in [1.807, 2.05) is 37.3 Å². The van der Waals surface area contributed by atoms with Gasteiger partial charge in [0.05, 0.1) is 31.2 Å². The van der Waals surface area contributed by atoms with Crippen molar-refractivity contribution in [1.29, 1.82) is 0 Å². The molecule has 4 rings (SSSR count). The predicted octanol–water partition coefficient (Wildman–Crippen LogP) is 1.80. The van der Waals surface area contributed by atoms with Crippen LogP contribution in [0.1, 0.15) is 17.0 Å². The van der Waals surface area contributed by atoms with E-state index < -0.39 is 6.10 Å². The summed E-state index contributed by atoms with van der Waals surface area (Å²) in [5.41, 5.74) is 2.73. The van der Waals surface area contributed by atoms with Crippen molar-refractivity contribution in [3.8, 4) is 5.75 Å². The van der Waals surface area contributed by atoms with Gasteiger partial charge in [-0.25, -0.2) is 4.98 Å². The Morgan fingerprint density at radius 1 is 1.31 bits per heavy atom. The molecule has 1 saturated heterocycles. The number of aromatic nitrogens is 2. The van der Waals surface area contributed by atoms with Crippen LogP contribution >= 0.6 is 0 Å². The van der Waals surface area contributed by atoms with Crippen LogP contribution in [0.4, 0.5) is 0 Å². The Labute approximate surface area is 186 Å². The predicted molar refractivity (Wildman–Crippen MR) is 122 cm³/mol. The second-order valence-electron chi connectivity index (χ2n) is 7.98. The number of morpholine rings is 1. The number of ether oxygens (including phenoxy) is 2. The molecule has 0 radical (unpaired) electrons. The van der Waals surface area contributed by atoms with Crippen molar-refractivity contribution in [3.63, 3.8) is 0 Å². The van der Waals surface area contributed by atoms with Crippen molar-refractivity contribution in [2.45, 2.75) is 26.0 Å². The Morgan fingerprint density at radius 2 is 2.16 bits per heavy atom. The van der Waals surface area contributed by atoms with Gasteiger partial charge in [0.1, 0.15) is 17.7 Å². The van der Waals surface area contributed by atoms with E-state index in [2.05, 4.69) is 26.3 Å². The Hall–Kier alpha value is -3.23. The van der Waals surface area contributed by atoms with Crippen molar-refractivity contribution in [2.75, 3.05) is 33.4 Å². The van der Waals surface area contributed by atoms with Crippen LogP contribution in [0.5, 0.6) is 5.75 Å². The molecule has 1 aliphatic rings. The van der Waals surface area contributed by atoms with E-state index in [1.165, 1.54) is 0 Å². The summed E-state index contributed by atoms with van der Waals surface area (Å²) >= 11 is 0. The fraction of sp³-hybridized carbons (Fsp3) is 0.375. The minimum absolute atomic E-state index is 0.138. The standard InChI is InChI=1S/C24H28N4O4/c1-16-7-8-20(31-2)17(13-16)9-10-25-24(30)21-14-28(11-12-32-21)15-22-26-19-6-4-3-5-18(19)23(29)27-22/h3-8,13,21H,9-12,14-15H2,1-2H3,(H,25,30)(H,26,27,29). The van der Waals surface area contributed by atoms with E-state index in [1.54, 1.807) is 13.2 Å². The molecule has 3 aromatic rings. The van der Waals surface area contributed by atoms with E-state index in [0.29, 0.717) is 55.9 Å². The number of hydrogen-bond donors (Lipinski definition) is 2. The van der Waals surface area contributed by atoms with E-state index in [-0.39, 0.29) is 11.5 Å². The highest BCUT2D eigenvalue weighted by atomic mass is 16.5. The van der Waals surface area contributed by atoms with Crippen LogP contribution < -0.4 is 15.6 Å². The third kappa shape index (κ3) is 5.15. The molecule has 8 heteroatoms. The minimum Gasteiger partial charge on any atom is -0.496 e. The zero-order chi connectivity index (χ0) is 22.5. The molecular formula is C24H28N4O4. The van der Waals surface area contributed by atoms with E-state index in [4.69, 9.17) is 9.47 Å². The lowest BCUT2D eigenvalue weighted by atomic mass is 10.1. The first-order valence-corrected chi connectivity index (χ1v) is 10.8. The van der Waals surface area contributed by atoms with Crippen LogP contribution in [0.15, 0.2) is 47.3 Å². The van der Waals surface area contributed by atoms with Crippen molar-refractivity contribution < 1.29 is 14.3 Å². The number of fused-ring (bicyclic) bond motifs is 1. The number of methoxy groups -OCH3 is 1. The van der Waals surface area contributed by atoms with Crippen LogP contribution in [0, 0.1) is 6.92 Å². The topological polar surface area (TPSA) is 96.5 Å². The summed E-state index contributed by atoms with van der Waals surface area (Å²) in [6.07, 6.45) is 0.116. The maximum atomic E-state index is 12.7. The molecule has 0 saturated carbocycles. The van der Waals surface area contributed by atoms with Crippen molar-refractivity contribution in [3.05, 3.63) is 69.8 Å². The molecule has 1 aromatic heterocycles. The number of nitrogens with one attached hydrogen (secondary N) is 2. The number of carbonyl (C=O) groups excluding carboxylic acids is 1. The van der Waals surface area contributed by atoms with Crippen molar-refractivity contribution >= 4 is 16.8 Å². The monoisotopic (exact) mass is 436 g/mol. The smallest absolute Gasteiger partial charge is 0.258 e. The lowest BCUT2D eigenvalue weighted by Crippen LogP contribution is -2.50. The summed E-state index contributed by atoms with van der Waals surface area (Å²) in [6, 6.07) is 13.3. The number of rotatable bonds is 7. The lowest BCUT2D eigenvalue weighted by Gasteiger charge is -2.31. The van der Waals surface area contributed by atoms with Gasteiger partial charge < -0.3 is 19.8 Å². The molecule has 0 bridgehead atoms. The average Bonchev–Trinajstić information content (AvgIpc) is 2.79. The number of aryl methyl sites for hydroxylation is 1. The first kappa shape index (κ1) is 22.0. The number of benzene rings is 2. The van der Waals surface area contributed by atoms with Crippen LogP contribution in [0.3, 0.4) is 0 Å². The zero-order valence-electron chi connectivity index (χ0n) is 18.4. The van der Waals surface area contributed by atoms with Crippen LogP contribution in [0.25, 0.3) is 10.9 Å². The molecule has 1 aliphatic heterocycles. The quantitative estimate of drug-likeness (QED) is 0.586. The van der Waals surface area contributed by atoms with Gasteiger partial charge in [0, 0.05) is 19.6 Å². The summed E-state index contributed by atoms with van der Waals surface area (Å²) in [5, 5.41) is 3.54. The molecule has 2 N–H and O–H groups in total. The third-order valence-corrected chi connectivity index (χ3v) is 5.61. The van der Waals surface area contributed by atoms with Gasteiger partial charge in [0.25, 0.3) is 5.56 Å². The van der Waals surface area contributed by atoms with Gasteiger partial charge in [-0.2, -0.15) is 0 Å². The van der Waals surface area contributed by atoms with E-state index in [9.17, 15) is 9.59 Å². The summed E-state index contributed by atoms with van der Waals surface area (Å²) in [4.78, 5) is 34.5.